The molecule has 0 spiro atoms. The molecule has 2 aliphatic rings. The summed E-state index contributed by atoms with van der Waals surface area (Å²) in [5.41, 5.74) is 4.40. The third kappa shape index (κ3) is 3.26. The summed E-state index contributed by atoms with van der Waals surface area (Å²) >= 11 is 0. The van der Waals surface area contributed by atoms with E-state index in [0.717, 1.165) is 22.6 Å². The molecule has 0 aliphatic carbocycles. The van der Waals surface area contributed by atoms with Crippen LogP contribution in [-0.4, -0.2) is 51.8 Å². The standard InChI is InChI=1S/C12H24P2.2B/c1-9-7-10(2)13(9)5-6-14-11(3)8-12(14)4;;/h9-12H,5-8H2,1-4H3;;/t9-,10-,11-,12-;;/m0../s1. The Labute approximate surface area is 108 Å². The van der Waals surface area contributed by atoms with Crippen molar-refractivity contribution in [1.82, 2.24) is 0 Å². The number of hydrogen-bond donors (Lipinski definition) is 0. The molecule has 6 radical (unpaired) electrons. The molecule has 4 heteroatoms. The fourth-order valence-corrected chi connectivity index (χ4v) is 10.1. The van der Waals surface area contributed by atoms with Crippen molar-refractivity contribution in [1.29, 1.82) is 0 Å². The van der Waals surface area contributed by atoms with Crippen LogP contribution in [0.1, 0.15) is 40.5 Å². The van der Waals surface area contributed by atoms with E-state index in [1.165, 1.54) is 12.8 Å². The lowest BCUT2D eigenvalue weighted by Gasteiger charge is -2.46. The van der Waals surface area contributed by atoms with Gasteiger partial charge in [-0.1, -0.05) is 27.7 Å². The molecule has 0 amide bonds. The maximum atomic E-state index is 2.48. The molecule has 0 unspecified atom stereocenters. The Bertz CT molecular complexity index is 175. The van der Waals surface area contributed by atoms with Crippen LogP contribution >= 0.6 is 15.8 Å². The van der Waals surface area contributed by atoms with Gasteiger partial charge in [-0.2, -0.15) is 0 Å². The molecular weight excluding hydrogens is 228 g/mol. The van der Waals surface area contributed by atoms with E-state index in [1.807, 2.05) is 0 Å². The van der Waals surface area contributed by atoms with Gasteiger partial charge < -0.3 is 0 Å². The molecule has 2 rings (SSSR count). The summed E-state index contributed by atoms with van der Waals surface area (Å²) in [6, 6.07) is 0. The van der Waals surface area contributed by atoms with Crippen LogP contribution < -0.4 is 0 Å². The van der Waals surface area contributed by atoms with Gasteiger partial charge in [-0.25, -0.2) is 0 Å². The molecule has 2 aliphatic heterocycles. The topological polar surface area (TPSA) is 0 Å². The van der Waals surface area contributed by atoms with E-state index in [-0.39, 0.29) is 16.8 Å². The highest BCUT2D eigenvalue weighted by Gasteiger charge is 2.37. The molecule has 0 aromatic rings. The third-order valence-corrected chi connectivity index (χ3v) is 11.5. The maximum Gasteiger partial charge on any atom is 0 e. The van der Waals surface area contributed by atoms with E-state index in [0.29, 0.717) is 15.8 Å². The molecule has 0 N–H and O–H groups in total. The first-order valence-electron chi connectivity index (χ1n) is 6.11. The molecule has 0 saturated carbocycles. The minimum absolute atomic E-state index is 0. The van der Waals surface area contributed by atoms with Crippen molar-refractivity contribution < 1.29 is 0 Å². The third-order valence-electron chi connectivity index (χ3n) is 4.25. The fourth-order valence-electron chi connectivity index (χ4n) is 3.23. The second kappa shape index (κ2) is 6.80. The van der Waals surface area contributed by atoms with Gasteiger partial charge in [-0.05, 0) is 47.8 Å². The van der Waals surface area contributed by atoms with Crippen LogP contribution in [-0.2, 0) is 0 Å². The van der Waals surface area contributed by atoms with Crippen molar-refractivity contribution in [3.05, 3.63) is 0 Å². The van der Waals surface area contributed by atoms with Gasteiger partial charge in [0.25, 0.3) is 0 Å². The summed E-state index contributed by atoms with van der Waals surface area (Å²) < 4.78 is 0. The molecule has 2 saturated heterocycles. The van der Waals surface area contributed by atoms with Crippen LogP contribution in [0.15, 0.2) is 0 Å². The van der Waals surface area contributed by atoms with Crippen molar-refractivity contribution in [3.63, 3.8) is 0 Å². The minimum atomic E-state index is 0. The van der Waals surface area contributed by atoms with Crippen LogP contribution in [0.25, 0.3) is 0 Å². The highest BCUT2D eigenvalue weighted by molar-refractivity contribution is 7.64. The second-order valence-corrected chi connectivity index (χ2v) is 11.8. The van der Waals surface area contributed by atoms with Crippen molar-refractivity contribution >= 4 is 32.7 Å². The molecule has 0 aromatic carbocycles. The normalized spacial score (nSPS) is 39.0. The van der Waals surface area contributed by atoms with E-state index < -0.39 is 0 Å². The quantitative estimate of drug-likeness (QED) is 0.532. The van der Waals surface area contributed by atoms with Crippen LogP contribution in [0.2, 0.25) is 0 Å². The predicted molar refractivity (Wildman–Crippen MR) is 82.2 cm³/mol. The Morgan fingerprint density at radius 1 is 0.688 bits per heavy atom. The first-order valence-corrected chi connectivity index (χ1v) is 9.44. The summed E-state index contributed by atoms with van der Waals surface area (Å²) in [5.74, 6) is 0. The van der Waals surface area contributed by atoms with Crippen LogP contribution in [0.4, 0.5) is 0 Å². The van der Waals surface area contributed by atoms with E-state index >= 15 is 0 Å². The van der Waals surface area contributed by atoms with Gasteiger partial charge in [0.1, 0.15) is 0 Å². The summed E-state index contributed by atoms with van der Waals surface area (Å²) in [5, 5.41) is 0. The zero-order chi connectivity index (χ0) is 10.3. The predicted octanol–water partition coefficient (Wildman–Crippen LogP) is 3.55. The molecule has 88 valence electrons. The first-order chi connectivity index (χ1) is 6.59. The molecule has 0 bridgehead atoms. The van der Waals surface area contributed by atoms with Crippen LogP contribution in [0, 0.1) is 0 Å². The highest BCUT2D eigenvalue weighted by Crippen LogP contribution is 2.64. The van der Waals surface area contributed by atoms with Gasteiger partial charge in [0.2, 0.25) is 0 Å². The second-order valence-electron chi connectivity index (χ2n) is 5.34. The molecule has 0 aromatic heterocycles. The van der Waals surface area contributed by atoms with E-state index in [9.17, 15) is 0 Å². The Hall–Kier alpha value is 0.990. The lowest BCUT2D eigenvalue weighted by molar-refractivity contribution is 0.695. The highest BCUT2D eigenvalue weighted by atomic mass is 31.1. The van der Waals surface area contributed by atoms with Crippen molar-refractivity contribution in [2.75, 3.05) is 12.3 Å². The Kier molecular flexibility index (Phi) is 7.22. The zero-order valence-corrected chi connectivity index (χ0v) is 13.0. The Morgan fingerprint density at radius 2 is 0.938 bits per heavy atom. The Morgan fingerprint density at radius 3 is 1.12 bits per heavy atom. The monoisotopic (exact) mass is 252 g/mol. The van der Waals surface area contributed by atoms with Crippen molar-refractivity contribution in [2.45, 2.75) is 63.2 Å². The molecule has 2 fully saturated rings. The fraction of sp³-hybridized carbons (Fsp3) is 1.00. The molecule has 0 nitrogen and oxygen atoms in total. The van der Waals surface area contributed by atoms with Crippen LogP contribution in [0.3, 0.4) is 0 Å². The van der Waals surface area contributed by atoms with Gasteiger partial charge in [0.15, 0.2) is 0 Å². The van der Waals surface area contributed by atoms with E-state index in [2.05, 4.69) is 27.7 Å². The lowest BCUT2D eigenvalue weighted by Crippen LogP contribution is -2.31. The molecule has 4 atom stereocenters. The van der Waals surface area contributed by atoms with Gasteiger partial charge in [-0.3, -0.25) is 0 Å². The minimum Gasteiger partial charge on any atom is -0.100 e. The SMILES string of the molecule is C[C@H]1C[C@H](C)P1CCP1[C@@H](C)C[C@@H]1C.[B].[B]. The van der Waals surface area contributed by atoms with E-state index in [4.69, 9.17) is 0 Å². The smallest absolute Gasteiger partial charge is 0 e. The van der Waals surface area contributed by atoms with Crippen LogP contribution in [0.5, 0.6) is 0 Å². The lowest BCUT2D eigenvalue weighted by atomic mass is 10.2. The molecule has 2 heterocycles. The summed E-state index contributed by atoms with van der Waals surface area (Å²) in [6.45, 7) is 9.92. The Balaban J connectivity index is 0.00000112. The maximum absolute atomic E-state index is 2.48. The number of rotatable bonds is 3. The van der Waals surface area contributed by atoms with Crippen molar-refractivity contribution in [3.8, 4) is 0 Å². The number of hydrogen-bond acceptors (Lipinski definition) is 0. The van der Waals surface area contributed by atoms with Gasteiger partial charge in [0, 0.05) is 16.8 Å². The largest absolute Gasteiger partial charge is 0.100 e. The average molecular weight is 252 g/mol. The molecule has 16 heavy (non-hydrogen) atoms. The van der Waals surface area contributed by atoms with Gasteiger partial charge >= 0.3 is 0 Å². The average Bonchev–Trinajstić information content (AvgIpc) is 2.12. The summed E-state index contributed by atoms with van der Waals surface area (Å²) in [4.78, 5) is 0. The van der Waals surface area contributed by atoms with Gasteiger partial charge in [0.05, 0.1) is 0 Å². The molecular formula is C12H24B2P2. The van der Waals surface area contributed by atoms with Gasteiger partial charge in [-0.15, -0.1) is 15.8 Å². The zero-order valence-electron chi connectivity index (χ0n) is 11.2. The van der Waals surface area contributed by atoms with E-state index in [1.54, 1.807) is 12.3 Å². The first kappa shape index (κ1) is 17.0. The van der Waals surface area contributed by atoms with Crippen molar-refractivity contribution in [2.24, 2.45) is 0 Å². The summed E-state index contributed by atoms with van der Waals surface area (Å²) in [7, 11) is 0.907. The summed E-state index contributed by atoms with van der Waals surface area (Å²) in [6.07, 6.45) is 6.26.